The first-order chi connectivity index (χ1) is 7.88. The van der Waals surface area contributed by atoms with Gasteiger partial charge in [-0.25, -0.2) is 0 Å². The lowest BCUT2D eigenvalue weighted by molar-refractivity contribution is -0.170. The Morgan fingerprint density at radius 2 is 1.75 bits per heavy atom. The van der Waals surface area contributed by atoms with Crippen LogP contribution in [0.2, 0.25) is 0 Å². The quantitative estimate of drug-likeness (QED) is 0.801. The highest BCUT2D eigenvalue weighted by Gasteiger charge is 2.22. The Labute approximate surface area is 98.7 Å². The van der Waals surface area contributed by atoms with Gasteiger partial charge in [-0.15, -0.1) is 0 Å². The molecule has 1 saturated heterocycles. The van der Waals surface area contributed by atoms with Gasteiger partial charge in [-0.1, -0.05) is 0 Å². The minimum atomic E-state index is 0.0842. The minimum absolute atomic E-state index is 0.0842. The zero-order valence-electron chi connectivity index (χ0n) is 10.2. The van der Waals surface area contributed by atoms with Crippen molar-refractivity contribution in [1.82, 2.24) is 0 Å². The van der Waals surface area contributed by atoms with Crippen LogP contribution in [0.1, 0.15) is 44.9 Å². The van der Waals surface area contributed by atoms with Crippen LogP contribution in [0.25, 0.3) is 0 Å². The van der Waals surface area contributed by atoms with Gasteiger partial charge in [0.15, 0.2) is 6.29 Å². The predicted octanol–water partition coefficient (Wildman–Crippen LogP) is 2.29. The standard InChI is InChI=1S/C13H25NO2/c14-9-11-4-6-12(7-5-11)10-16-13-3-1-2-8-15-13/h11-13H,1-10,14H2. The largest absolute Gasteiger partial charge is 0.353 e. The average Bonchev–Trinajstić information content (AvgIpc) is 2.38. The van der Waals surface area contributed by atoms with Gasteiger partial charge in [0.2, 0.25) is 0 Å². The molecule has 3 heteroatoms. The van der Waals surface area contributed by atoms with Crippen LogP contribution in [0.5, 0.6) is 0 Å². The number of nitrogens with two attached hydrogens (primary N) is 1. The second-order valence-corrected chi connectivity index (χ2v) is 5.25. The van der Waals surface area contributed by atoms with Crippen LogP contribution in [0, 0.1) is 11.8 Å². The highest BCUT2D eigenvalue weighted by atomic mass is 16.7. The van der Waals surface area contributed by atoms with Gasteiger partial charge >= 0.3 is 0 Å². The third-order valence-electron chi connectivity index (χ3n) is 3.96. The molecule has 2 aliphatic rings. The zero-order chi connectivity index (χ0) is 11.2. The third-order valence-corrected chi connectivity index (χ3v) is 3.96. The molecule has 2 rings (SSSR count). The van der Waals surface area contributed by atoms with Crippen molar-refractivity contribution in [2.45, 2.75) is 51.2 Å². The van der Waals surface area contributed by atoms with Crippen molar-refractivity contribution >= 4 is 0 Å². The van der Waals surface area contributed by atoms with E-state index in [0.717, 1.165) is 38.0 Å². The van der Waals surface area contributed by atoms with Crippen molar-refractivity contribution in [2.75, 3.05) is 19.8 Å². The molecule has 1 atom stereocenters. The molecule has 1 heterocycles. The zero-order valence-corrected chi connectivity index (χ0v) is 10.2. The van der Waals surface area contributed by atoms with Crippen molar-refractivity contribution in [2.24, 2.45) is 17.6 Å². The lowest BCUT2D eigenvalue weighted by Crippen LogP contribution is -2.28. The summed E-state index contributed by atoms with van der Waals surface area (Å²) < 4.78 is 11.4. The Balaban J connectivity index is 1.59. The van der Waals surface area contributed by atoms with E-state index in [-0.39, 0.29) is 6.29 Å². The predicted molar refractivity (Wildman–Crippen MR) is 64.0 cm³/mol. The highest BCUT2D eigenvalue weighted by Crippen LogP contribution is 2.28. The first-order valence-corrected chi connectivity index (χ1v) is 6.81. The average molecular weight is 227 g/mol. The Morgan fingerprint density at radius 1 is 1.00 bits per heavy atom. The van der Waals surface area contributed by atoms with E-state index in [2.05, 4.69) is 0 Å². The van der Waals surface area contributed by atoms with E-state index in [9.17, 15) is 0 Å². The third kappa shape index (κ3) is 3.72. The Kier molecular flexibility index (Phi) is 5.07. The smallest absolute Gasteiger partial charge is 0.157 e. The molecule has 2 N–H and O–H groups in total. The summed E-state index contributed by atoms with van der Waals surface area (Å²) in [6.07, 6.45) is 8.76. The molecule has 0 aromatic rings. The molecule has 1 saturated carbocycles. The fourth-order valence-corrected chi connectivity index (χ4v) is 2.72. The van der Waals surface area contributed by atoms with E-state index in [0.29, 0.717) is 0 Å². The summed E-state index contributed by atoms with van der Waals surface area (Å²) in [4.78, 5) is 0. The second-order valence-electron chi connectivity index (χ2n) is 5.25. The van der Waals surface area contributed by atoms with Crippen molar-refractivity contribution in [3.05, 3.63) is 0 Å². The fourth-order valence-electron chi connectivity index (χ4n) is 2.72. The monoisotopic (exact) mass is 227 g/mol. The molecule has 0 amide bonds. The van der Waals surface area contributed by atoms with Crippen LogP contribution in [0.15, 0.2) is 0 Å². The van der Waals surface area contributed by atoms with Crippen molar-refractivity contribution < 1.29 is 9.47 Å². The molecule has 94 valence electrons. The number of rotatable bonds is 4. The minimum Gasteiger partial charge on any atom is -0.353 e. The van der Waals surface area contributed by atoms with Gasteiger partial charge in [-0.05, 0) is 63.3 Å². The van der Waals surface area contributed by atoms with E-state index < -0.39 is 0 Å². The molecule has 0 spiro atoms. The van der Waals surface area contributed by atoms with E-state index in [1.54, 1.807) is 0 Å². The first kappa shape index (κ1) is 12.3. The molecule has 2 fully saturated rings. The SMILES string of the molecule is NCC1CCC(COC2CCCCO2)CC1. The normalized spacial score (nSPS) is 36.2. The number of hydrogen-bond donors (Lipinski definition) is 1. The summed E-state index contributed by atoms with van der Waals surface area (Å²) in [5.41, 5.74) is 5.69. The summed E-state index contributed by atoms with van der Waals surface area (Å²) in [5, 5.41) is 0. The summed E-state index contributed by atoms with van der Waals surface area (Å²) in [6, 6.07) is 0. The Morgan fingerprint density at radius 3 is 2.38 bits per heavy atom. The maximum Gasteiger partial charge on any atom is 0.157 e. The fraction of sp³-hybridized carbons (Fsp3) is 1.00. The topological polar surface area (TPSA) is 44.5 Å². The van der Waals surface area contributed by atoms with Crippen LogP contribution in [0.3, 0.4) is 0 Å². The molecular weight excluding hydrogens is 202 g/mol. The van der Waals surface area contributed by atoms with Crippen molar-refractivity contribution in [3.63, 3.8) is 0 Å². The van der Waals surface area contributed by atoms with Crippen LogP contribution in [-0.2, 0) is 9.47 Å². The van der Waals surface area contributed by atoms with Gasteiger partial charge in [0.1, 0.15) is 0 Å². The van der Waals surface area contributed by atoms with E-state index in [4.69, 9.17) is 15.2 Å². The van der Waals surface area contributed by atoms with Gasteiger partial charge in [-0.2, -0.15) is 0 Å². The molecule has 1 aliphatic heterocycles. The van der Waals surface area contributed by atoms with Gasteiger partial charge < -0.3 is 15.2 Å². The molecule has 16 heavy (non-hydrogen) atoms. The van der Waals surface area contributed by atoms with Crippen LogP contribution in [0.4, 0.5) is 0 Å². The Bertz CT molecular complexity index is 184. The van der Waals surface area contributed by atoms with Crippen LogP contribution < -0.4 is 5.73 Å². The molecule has 0 aromatic heterocycles. The van der Waals surface area contributed by atoms with E-state index in [1.807, 2.05) is 0 Å². The molecule has 0 radical (unpaired) electrons. The molecule has 3 nitrogen and oxygen atoms in total. The summed E-state index contributed by atoms with van der Waals surface area (Å²) in [6.45, 7) is 2.63. The van der Waals surface area contributed by atoms with Gasteiger partial charge in [0.25, 0.3) is 0 Å². The number of ether oxygens (including phenoxy) is 2. The molecule has 1 unspecified atom stereocenters. The van der Waals surface area contributed by atoms with Crippen molar-refractivity contribution in [3.8, 4) is 0 Å². The van der Waals surface area contributed by atoms with Gasteiger partial charge in [0.05, 0.1) is 6.61 Å². The summed E-state index contributed by atoms with van der Waals surface area (Å²) >= 11 is 0. The number of hydrogen-bond acceptors (Lipinski definition) is 3. The second kappa shape index (κ2) is 6.58. The maximum atomic E-state index is 5.84. The summed E-state index contributed by atoms with van der Waals surface area (Å²) in [5.74, 6) is 1.51. The van der Waals surface area contributed by atoms with E-state index in [1.165, 1.54) is 38.5 Å². The highest BCUT2D eigenvalue weighted by molar-refractivity contribution is 4.73. The molecular formula is C13H25NO2. The first-order valence-electron chi connectivity index (χ1n) is 6.81. The molecule has 1 aliphatic carbocycles. The maximum absolute atomic E-state index is 5.84. The van der Waals surface area contributed by atoms with Crippen LogP contribution in [-0.4, -0.2) is 26.0 Å². The lowest BCUT2D eigenvalue weighted by Gasteiger charge is -2.30. The Hall–Kier alpha value is -0.120. The van der Waals surface area contributed by atoms with Crippen molar-refractivity contribution in [1.29, 1.82) is 0 Å². The molecule has 0 bridgehead atoms. The lowest BCUT2D eigenvalue weighted by atomic mass is 9.82. The van der Waals surface area contributed by atoms with E-state index >= 15 is 0 Å². The summed E-state index contributed by atoms with van der Waals surface area (Å²) in [7, 11) is 0. The van der Waals surface area contributed by atoms with Crippen LogP contribution >= 0.6 is 0 Å². The van der Waals surface area contributed by atoms with Gasteiger partial charge in [0, 0.05) is 6.61 Å². The van der Waals surface area contributed by atoms with Gasteiger partial charge in [-0.3, -0.25) is 0 Å². The molecule has 0 aromatic carbocycles.